The molecule has 1 aliphatic carbocycles. The fraction of sp³-hybridized carbons (Fsp3) is 0.583. The van der Waals surface area contributed by atoms with Gasteiger partial charge in [-0.25, -0.2) is 0 Å². The van der Waals surface area contributed by atoms with Gasteiger partial charge in [0.1, 0.15) is 5.60 Å². The number of hydrogen-bond donors (Lipinski definition) is 2. The van der Waals surface area contributed by atoms with Crippen molar-refractivity contribution in [1.29, 1.82) is 0 Å². The largest absolute Gasteiger partial charge is 0.481 e. The van der Waals surface area contributed by atoms with E-state index in [1.165, 1.54) is 0 Å². The van der Waals surface area contributed by atoms with E-state index >= 15 is 0 Å². The van der Waals surface area contributed by atoms with Crippen LogP contribution in [0.1, 0.15) is 50.6 Å². The van der Waals surface area contributed by atoms with Crippen molar-refractivity contribution >= 4 is 28.5 Å². The third-order valence-electron chi connectivity index (χ3n) is 7.06. The van der Waals surface area contributed by atoms with Gasteiger partial charge in [0, 0.05) is 55.7 Å². The molecule has 1 saturated heterocycles. The van der Waals surface area contributed by atoms with E-state index in [1.807, 2.05) is 19.1 Å². The summed E-state index contributed by atoms with van der Waals surface area (Å²) in [7, 11) is 1.71. The summed E-state index contributed by atoms with van der Waals surface area (Å²) in [5, 5.41) is 21.6. The zero-order valence-electron chi connectivity index (χ0n) is 18.9. The number of aliphatic hydroxyl groups is 1. The molecule has 32 heavy (non-hydrogen) atoms. The fourth-order valence-corrected chi connectivity index (χ4v) is 5.48. The molecule has 2 aromatic rings. The second-order valence-corrected chi connectivity index (χ2v) is 9.78. The van der Waals surface area contributed by atoms with E-state index in [1.54, 1.807) is 24.3 Å². The number of β-amino-alcohol motifs (C(OH)–C–C–N with tert-alkyl or cyclic N) is 1. The first-order chi connectivity index (χ1) is 15.2. The summed E-state index contributed by atoms with van der Waals surface area (Å²) >= 11 is 0. The predicted octanol–water partition coefficient (Wildman–Crippen LogP) is 2.76. The second kappa shape index (κ2) is 8.65. The van der Waals surface area contributed by atoms with E-state index in [-0.39, 0.29) is 25.3 Å². The maximum absolute atomic E-state index is 13.0. The summed E-state index contributed by atoms with van der Waals surface area (Å²) in [5.41, 5.74) is 1.31. The minimum Gasteiger partial charge on any atom is -0.481 e. The third kappa shape index (κ3) is 4.70. The van der Waals surface area contributed by atoms with Gasteiger partial charge in [0.25, 0.3) is 0 Å². The fourth-order valence-electron chi connectivity index (χ4n) is 5.48. The van der Waals surface area contributed by atoms with Crippen LogP contribution in [-0.2, 0) is 9.59 Å². The minimum absolute atomic E-state index is 0.0349. The van der Waals surface area contributed by atoms with Crippen LogP contribution < -0.4 is 4.90 Å². The molecule has 4 rings (SSSR count). The van der Waals surface area contributed by atoms with Gasteiger partial charge in [0.15, 0.2) is 0 Å². The molecule has 1 aliphatic heterocycles. The Labute approximate surface area is 188 Å². The number of nitrogens with zero attached hydrogens (tertiary/aromatic N) is 4. The van der Waals surface area contributed by atoms with Crippen LogP contribution >= 0.6 is 0 Å². The van der Waals surface area contributed by atoms with Crippen LogP contribution in [0.5, 0.6) is 0 Å². The zero-order valence-corrected chi connectivity index (χ0v) is 18.9. The number of amides is 1. The van der Waals surface area contributed by atoms with Gasteiger partial charge in [0.05, 0.1) is 18.5 Å². The molecule has 8 nitrogen and oxygen atoms in total. The first-order valence-corrected chi connectivity index (χ1v) is 11.3. The molecule has 1 atom stereocenters. The number of rotatable bonds is 7. The van der Waals surface area contributed by atoms with Crippen molar-refractivity contribution in [1.82, 2.24) is 14.9 Å². The van der Waals surface area contributed by atoms with Gasteiger partial charge in [-0.3, -0.25) is 19.6 Å². The number of pyridine rings is 2. The first kappa shape index (κ1) is 22.5. The Morgan fingerprint density at radius 1 is 1.22 bits per heavy atom. The van der Waals surface area contributed by atoms with Crippen LogP contribution in [0.25, 0.3) is 10.9 Å². The third-order valence-corrected chi connectivity index (χ3v) is 7.06. The Morgan fingerprint density at radius 3 is 2.69 bits per heavy atom. The Morgan fingerprint density at radius 2 is 1.97 bits per heavy atom. The Kier molecular flexibility index (Phi) is 6.07. The van der Waals surface area contributed by atoms with Crippen molar-refractivity contribution < 1.29 is 19.8 Å². The van der Waals surface area contributed by atoms with E-state index in [0.29, 0.717) is 19.5 Å². The molecule has 0 bridgehead atoms. The number of aromatic nitrogens is 2. The smallest absolute Gasteiger partial charge is 0.303 e. The minimum atomic E-state index is -1.02. The molecule has 3 heterocycles. The van der Waals surface area contributed by atoms with Crippen molar-refractivity contribution in [2.45, 2.75) is 57.5 Å². The summed E-state index contributed by atoms with van der Waals surface area (Å²) in [6.45, 7) is 3.27. The number of carboxylic acid groups (broad SMARTS) is 1. The molecule has 8 heteroatoms. The molecule has 1 amide bonds. The Hall–Kier alpha value is -2.74. The highest BCUT2D eigenvalue weighted by atomic mass is 16.4. The molecule has 0 unspecified atom stereocenters. The molecular weight excluding hydrogens is 408 g/mol. The average Bonchev–Trinajstić information content (AvgIpc) is 3.33. The summed E-state index contributed by atoms with van der Waals surface area (Å²) in [4.78, 5) is 36.9. The van der Waals surface area contributed by atoms with E-state index in [2.05, 4.69) is 14.9 Å². The van der Waals surface area contributed by atoms with Crippen LogP contribution in [0.4, 0.5) is 5.69 Å². The van der Waals surface area contributed by atoms with E-state index in [0.717, 1.165) is 48.0 Å². The molecule has 2 aliphatic rings. The van der Waals surface area contributed by atoms with Gasteiger partial charge in [-0.15, -0.1) is 0 Å². The number of hydrogen-bond acceptors (Lipinski definition) is 6. The molecule has 1 saturated carbocycles. The summed E-state index contributed by atoms with van der Waals surface area (Å²) < 4.78 is 0. The number of carbonyl (C=O) groups excluding carboxylic acids is 1. The normalized spacial score (nSPS) is 22.4. The molecule has 0 radical (unpaired) electrons. The highest BCUT2D eigenvalue weighted by molar-refractivity contribution is 5.91. The first-order valence-electron chi connectivity index (χ1n) is 11.3. The van der Waals surface area contributed by atoms with Crippen molar-refractivity contribution in [2.75, 3.05) is 31.6 Å². The lowest BCUT2D eigenvalue weighted by atomic mass is 9.79. The number of likely N-dealkylation sites (N-methyl/N-ethyl adjacent to an activating group) is 1. The topological polar surface area (TPSA) is 107 Å². The van der Waals surface area contributed by atoms with Crippen LogP contribution in [0.15, 0.2) is 24.5 Å². The molecule has 2 aromatic heterocycles. The molecule has 172 valence electrons. The Bertz CT molecular complexity index is 1020. The SMILES string of the molecule is Cc1cc(N2CC[C@](O)(CN(C)C(=O)CC3(CC(=O)O)CCCC3)C2)c2cnccc2n1. The van der Waals surface area contributed by atoms with Gasteiger partial charge in [0.2, 0.25) is 5.91 Å². The van der Waals surface area contributed by atoms with Crippen LogP contribution in [-0.4, -0.2) is 69.2 Å². The molecular formula is C24H32N4O4. The zero-order chi connectivity index (χ0) is 22.9. The van der Waals surface area contributed by atoms with E-state index in [9.17, 15) is 19.8 Å². The van der Waals surface area contributed by atoms with Crippen molar-refractivity contribution in [3.05, 3.63) is 30.2 Å². The monoisotopic (exact) mass is 440 g/mol. The lowest BCUT2D eigenvalue weighted by Gasteiger charge is -2.33. The number of aliphatic carboxylic acids is 1. The van der Waals surface area contributed by atoms with Crippen LogP contribution in [0, 0.1) is 12.3 Å². The van der Waals surface area contributed by atoms with Crippen molar-refractivity contribution in [2.24, 2.45) is 5.41 Å². The maximum atomic E-state index is 13.0. The summed E-state index contributed by atoms with van der Waals surface area (Å²) in [6, 6.07) is 3.90. The number of aryl methyl sites for hydroxylation is 1. The molecule has 2 N–H and O–H groups in total. The number of carbonyl (C=O) groups is 2. The van der Waals surface area contributed by atoms with E-state index < -0.39 is 17.0 Å². The highest BCUT2D eigenvalue weighted by Gasteiger charge is 2.42. The lowest BCUT2D eigenvalue weighted by Crippen LogP contribution is -2.46. The van der Waals surface area contributed by atoms with Crippen LogP contribution in [0.3, 0.4) is 0 Å². The van der Waals surface area contributed by atoms with Gasteiger partial charge in [-0.2, -0.15) is 0 Å². The van der Waals surface area contributed by atoms with Gasteiger partial charge in [-0.05, 0) is 43.7 Å². The summed E-state index contributed by atoms with van der Waals surface area (Å²) in [6.07, 6.45) is 7.83. The number of carboxylic acids is 1. The molecule has 0 spiro atoms. The summed E-state index contributed by atoms with van der Waals surface area (Å²) in [5.74, 6) is -0.934. The van der Waals surface area contributed by atoms with Gasteiger partial charge >= 0.3 is 5.97 Å². The Balaban J connectivity index is 1.44. The average molecular weight is 441 g/mol. The van der Waals surface area contributed by atoms with Crippen molar-refractivity contribution in [3.8, 4) is 0 Å². The standard InChI is InChI=1S/C24H32N4O4/c1-17-11-20(18-14-25-9-5-19(18)26-17)28-10-8-24(32,16-28)15-27(2)21(29)12-23(13-22(30)31)6-3-4-7-23/h5,9,11,14,32H,3-4,6-8,10,12-13,15-16H2,1-2H3,(H,30,31)/t24-/m0/s1. The van der Waals surface area contributed by atoms with Crippen LogP contribution in [0.2, 0.25) is 0 Å². The number of anilines is 1. The quantitative estimate of drug-likeness (QED) is 0.682. The highest BCUT2D eigenvalue weighted by Crippen LogP contribution is 2.44. The second-order valence-electron chi connectivity index (χ2n) is 9.78. The maximum Gasteiger partial charge on any atom is 0.303 e. The van der Waals surface area contributed by atoms with Gasteiger partial charge in [-0.1, -0.05) is 12.8 Å². The predicted molar refractivity (Wildman–Crippen MR) is 121 cm³/mol. The number of fused-ring (bicyclic) bond motifs is 1. The van der Waals surface area contributed by atoms with Crippen molar-refractivity contribution in [3.63, 3.8) is 0 Å². The molecule has 2 fully saturated rings. The van der Waals surface area contributed by atoms with E-state index in [4.69, 9.17) is 0 Å². The van der Waals surface area contributed by atoms with Gasteiger partial charge < -0.3 is 20.0 Å². The molecule has 0 aromatic carbocycles. The lowest BCUT2D eigenvalue weighted by molar-refractivity contribution is -0.142.